The molecule has 6 nitrogen and oxygen atoms in total. The number of aliphatic hydroxyl groups excluding tert-OH is 1. The molecule has 3 aliphatic carbocycles. The summed E-state index contributed by atoms with van der Waals surface area (Å²) in [5, 5.41) is 17.9. The van der Waals surface area contributed by atoms with Crippen LogP contribution < -0.4 is 15.4 Å². The zero-order valence-electron chi connectivity index (χ0n) is 20.5. The molecule has 2 amide bonds. The summed E-state index contributed by atoms with van der Waals surface area (Å²) in [6.07, 6.45) is 5.33. The lowest BCUT2D eigenvalue weighted by molar-refractivity contribution is -0.144. The van der Waals surface area contributed by atoms with Crippen LogP contribution in [0.5, 0.6) is 5.75 Å². The van der Waals surface area contributed by atoms with Gasteiger partial charge in [0.15, 0.2) is 0 Å². The number of ether oxygens (including phenoxy) is 1. The SMILES string of the molecule is COc1ccc(CNC(=O)C(C)C2CCC3(C)CCC(NC(=O)C4CC4)C(C)C3C2O)cc1. The van der Waals surface area contributed by atoms with E-state index in [-0.39, 0.29) is 52.9 Å². The maximum Gasteiger partial charge on any atom is 0.223 e. The van der Waals surface area contributed by atoms with E-state index in [0.29, 0.717) is 6.54 Å². The average molecular weight is 457 g/mol. The number of carbonyl (C=O) groups excluding carboxylic acids is 2. The van der Waals surface area contributed by atoms with Crippen molar-refractivity contribution < 1.29 is 19.4 Å². The normalized spacial score (nSPS) is 34.6. The van der Waals surface area contributed by atoms with Crippen molar-refractivity contribution in [3.05, 3.63) is 29.8 Å². The van der Waals surface area contributed by atoms with Crippen LogP contribution in [0.3, 0.4) is 0 Å². The van der Waals surface area contributed by atoms with E-state index >= 15 is 0 Å². The number of amides is 2. The zero-order chi connectivity index (χ0) is 23.8. The number of aliphatic hydroxyl groups is 1. The van der Waals surface area contributed by atoms with Crippen LogP contribution in [0.15, 0.2) is 24.3 Å². The van der Waals surface area contributed by atoms with E-state index in [1.165, 1.54) is 0 Å². The van der Waals surface area contributed by atoms with Crippen LogP contribution >= 0.6 is 0 Å². The summed E-state index contributed by atoms with van der Waals surface area (Å²) >= 11 is 0. The van der Waals surface area contributed by atoms with Gasteiger partial charge in [-0.3, -0.25) is 9.59 Å². The number of hydrogen-bond donors (Lipinski definition) is 3. The molecule has 6 heteroatoms. The molecular weight excluding hydrogens is 416 g/mol. The molecule has 3 fully saturated rings. The molecule has 0 bridgehead atoms. The smallest absolute Gasteiger partial charge is 0.223 e. The average Bonchev–Trinajstić information content (AvgIpc) is 3.65. The van der Waals surface area contributed by atoms with Crippen molar-refractivity contribution in [1.82, 2.24) is 10.6 Å². The summed E-state index contributed by atoms with van der Waals surface area (Å²) < 4.78 is 5.19. The molecule has 0 heterocycles. The van der Waals surface area contributed by atoms with Crippen molar-refractivity contribution in [2.75, 3.05) is 7.11 Å². The quantitative estimate of drug-likeness (QED) is 0.584. The highest BCUT2D eigenvalue weighted by Crippen LogP contribution is 2.55. The Kier molecular flexibility index (Phi) is 7.04. The van der Waals surface area contributed by atoms with Gasteiger partial charge in [-0.25, -0.2) is 0 Å². The summed E-state index contributed by atoms with van der Waals surface area (Å²) in [6, 6.07) is 7.79. The van der Waals surface area contributed by atoms with Crippen LogP contribution in [0.1, 0.15) is 64.9 Å². The Morgan fingerprint density at radius 1 is 1.15 bits per heavy atom. The van der Waals surface area contributed by atoms with Crippen molar-refractivity contribution in [1.29, 1.82) is 0 Å². The number of rotatable bonds is 7. The molecule has 3 saturated carbocycles. The first kappa shape index (κ1) is 24.1. The Hall–Kier alpha value is -2.08. The highest BCUT2D eigenvalue weighted by molar-refractivity contribution is 5.81. The molecule has 182 valence electrons. The van der Waals surface area contributed by atoms with Crippen LogP contribution in [0.4, 0.5) is 0 Å². The second-order valence-corrected chi connectivity index (χ2v) is 11.0. The molecule has 3 N–H and O–H groups in total. The highest BCUT2D eigenvalue weighted by Gasteiger charge is 2.54. The number of methoxy groups -OCH3 is 1. The van der Waals surface area contributed by atoms with Gasteiger partial charge in [0.05, 0.1) is 13.2 Å². The van der Waals surface area contributed by atoms with Gasteiger partial charge in [0.1, 0.15) is 5.75 Å². The van der Waals surface area contributed by atoms with E-state index in [9.17, 15) is 14.7 Å². The maximum absolute atomic E-state index is 13.0. The fourth-order valence-electron chi connectivity index (χ4n) is 6.43. The Balaban J connectivity index is 1.38. The largest absolute Gasteiger partial charge is 0.497 e. The van der Waals surface area contributed by atoms with Crippen LogP contribution in [0.25, 0.3) is 0 Å². The Morgan fingerprint density at radius 3 is 2.45 bits per heavy atom. The van der Waals surface area contributed by atoms with Crippen LogP contribution in [-0.4, -0.2) is 36.2 Å². The Labute approximate surface area is 197 Å². The standard InChI is InChI=1S/C27H40N2O4/c1-16(25(31)28-15-18-5-9-20(33-4)10-6-18)21-11-13-27(3)14-12-22(17(2)23(27)24(21)30)29-26(32)19-7-8-19/h5-6,9-10,16-17,19,21-24,30H,7-8,11-15H2,1-4H3,(H,28,31)(H,29,32). The Bertz CT molecular complexity index is 852. The number of hydrogen-bond acceptors (Lipinski definition) is 4. The van der Waals surface area contributed by atoms with E-state index in [1.807, 2.05) is 31.2 Å². The van der Waals surface area contributed by atoms with Crippen molar-refractivity contribution in [3.8, 4) is 5.75 Å². The lowest BCUT2D eigenvalue weighted by Gasteiger charge is -2.56. The molecule has 33 heavy (non-hydrogen) atoms. The molecule has 0 aliphatic heterocycles. The van der Waals surface area contributed by atoms with Gasteiger partial charge < -0.3 is 20.5 Å². The van der Waals surface area contributed by atoms with Crippen molar-refractivity contribution >= 4 is 11.8 Å². The minimum Gasteiger partial charge on any atom is -0.497 e. The second kappa shape index (κ2) is 9.65. The van der Waals surface area contributed by atoms with Crippen molar-refractivity contribution in [2.24, 2.45) is 35.0 Å². The molecular formula is C27H40N2O4. The lowest BCUT2D eigenvalue weighted by atomic mass is 9.51. The first-order valence-electron chi connectivity index (χ1n) is 12.6. The summed E-state index contributed by atoms with van der Waals surface area (Å²) in [5.41, 5.74) is 1.08. The predicted molar refractivity (Wildman–Crippen MR) is 127 cm³/mol. The van der Waals surface area contributed by atoms with E-state index in [0.717, 1.165) is 49.8 Å². The summed E-state index contributed by atoms with van der Waals surface area (Å²) in [7, 11) is 1.63. The molecule has 7 unspecified atom stereocenters. The monoisotopic (exact) mass is 456 g/mol. The summed E-state index contributed by atoms with van der Waals surface area (Å²) in [5.74, 6) is 1.11. The fourth-order valence-corrected chi connectivity index (χ4v) is 6.43. The molecule has 3 aliphatic rings. The van der Waals surface area contributed by atoms with E-state index in [4.69, 9.17) is 4.74 Å². The molecule has 0 aromatic heterocycles. The first-order chi connectivity index (χ1) is 15.7. The van der Waals surface area contributed by atoms with Crippen molar-refractivity contribution in [2.45, 2.75) is 78.0 Å². The summed E-state index contributed by atoms with van der Waals surface area (Å²) in [6.45, 7) is 6.88. The van der Waals surface area contributed by atoms with Gasteiger partial charge in [-0.1, -0.05) is 32.9 Å². The molecule has 7 atom stereocenters. The van der Waals surface area contributed by atoms with E-state index in [2.05, 4.69) is 24.5 Å². The maximum atomic E-state index is 13.0. The van der Waals surface area contributed by atoms with Gasteiger partial charge in [-0.05, 0) is 79.4 Å². The van der Waals surface area contributed by atoms with E-state index < -0.39 is 6.10 Å². The third-order valence-corrected chi connectivity index (χ3v) is 8.85. The molecule has 1 aromatic rings. The van der Waals surface area contributed by atoms with Crippen LogP contribution in [0.2, 0.25) is 0 Å². The minimum absolute atomic E-state index is 0.0134. The minimum atomic E-state index is -0.541. The summed E-state index contributed by atoms with van der Waals surface area (Å²) in [4.78, 5) is 25.4. The van der Waals surface area contributed by atoms with Gasteiger partial charge in [0, 0.05) is 24.4 Å². The second-order valence-electron chi connectivity index (χ2n) is 11.0. The van der Waals surface area contributed by atoms with Crippen molar-refractivity contribution in [3.63, 3.8) is 0 Å². The number of nitrogens with one attached hydrogen (secondary N) is 2. The number of carbonyl (C=O) groups is 2. The molecule has 0 spiro atoms. The highest BCUT2D eigenvalue weighted by atomic mass is 16.5. The van der Waals surface area contributed by atoms with Crippen LogP contribution in [-0.2, 0) is 16.1 Å². The van der Waals surface area contributed by atoms with Gasteiger partial charge in [-0.2, -0.15) is 0 Å². The topological polar surface area (TPSA) is 87.7 Å². The van der Waals surface area contributed by atoms with E-state index in [1.54, 1.807) is 7.11 Å². The zero-order valence-corrected chi connectivity index (χ0v) is 20.5. The third-order valence-electron chi connectivity index (χ3n) is 8.85. The first-order valence-corrected chi connectivity index (χ1v) is 12.6. The lowest BCUT2D eigenvalue weighted by Crippen LogP contribution is -2.58. The third kappa shape index (κ3) is 5.06. The number of fused-ring (bicyclic) bond motifs is 1. The molecule has 0 saturated heterocycles. The molecule has 1 aromatic carbocycles. The fraction of sp³-hybridized carbons (Fsp3) is 0.704. The predicted octanol–water partition coefficient (Wildman–Crippen LogP) is 3.67. The molecule has 4 rings (SSSR count). The van der Waals surface area contributed by atoms with Crippen LogP contribution in [0, 0.1) is 35.0 Å². The van der Waals surface area contributed by atoms with Gasteiger partial charge in [0.2, 0.25) is 11.8 Å². The van der Waals surface area contributed by atoms with Gasteiger partial charge >= 0.3 is 0 Å². The Morgan fingerprint density at radius 2 is 1.82 bits per heavy atom. The van der Waals surface area contributed by atoms with Gasteiger partial charge in [-0.15, -0.1) is 0 Å². The molecule has 0 radical (unpaired) electrons. The number of benzene rings is 1. The van der Waals surface area contributed by atoms with Gasteiger partial charge in [0.25, 0.3) is 0 Å².